The predicted molar refractivity (Wildman–Crippen MR) is 96.5 cm³/mol. The molecule has 2 aromatic rings. The maximum Gasteiger partial charge on any atom is 0.305 e. The Morgan fingerprint density at radius 3 is 2.74 bits per heavy atom. The molecule has 2 amide bonds. The first-order valence-electron chi connectivity index (χ1n) is 8.82. The van der Waals surface area contributed by atoms with Gasteiger partial charge < -0.3 is 19.7 Å². The van der Waals surface area contributed by atoms with E-state index in [2.05, 4.69) is 5.32 Å². The zero-order valence-electron chi connectivity index (χ0n) is 15.1. The molecule has 0 bridgehead atoms. The topological polar surface area (TPSA) is 99.8 Å². The van der Waals surface area contributed by atoms with Crippen molar-refractivity contribution in [1.29, 1.82) is 0 Å². The Hall–Kier alpha value is -3.09. The third-order valence-electron chi connectivity index (χ3n) is 4.77. The molecular weight excluding hydrogens is 348 g/mol. The van der Waals surface area contributed by atoms with Gasteiger partial charge in [-0.25, -0.2) is 0 Å². The summed E-state index contributed by atoms with van der Waals surface area (Å²) in [6.45, 7) is 2.49. The fourth-order valence-corrected chi connectivity index (χ4v) is 3.37. The predicted octanol–water partition coefficient (Wildman–Crippen LogP) is 2.27. The van der Waals surface area contributed by atoms with Gasteiger partial charge >= 0.3 is 5.97 Å². The van der Waals surface area contributed by atoms with Gasteiger partial charge in [0.15, 0.2) is 0 Å². The summed E-state index contributed by atoms with van der Waals surface area (Å²) in [6.07, 6.45) is 1.44. The first-order chi connectivity index (χ1) is 12.9. The van der Waals surface area contributed by atoms with Crippen molar-refractivity contribution in [3.8, 4) is 0 Å². The van der Waals surface area contributed by atoms with Gasteiger partial charge in [0.2, 0.25) is 11.8 Å². The van der Waals surface area contributed by atoms with Crippen LogP contribution in [-0.4, -0.2) is 34.3 Å². The van der Waals surface area contributed by atoms with E-state index in [-0.39, 0.29) is 24.7 Å². The van der Waals surface area contributed by atoms with Crippen LogP contribution in [0, 0.1) is 12.8 Å². The number of carbonyl (C=O) groups excluding carboxylic acids is 2. The van der Waals surface area contributed by atoms with Crippen LogP contribution in [0.4, 0.5) is 0 Å². The molecule has 0 radical (unpaired) electrons. The van der Waals surface area contributed by atoms with Crippen molar-refractivity contribution in [3.63, 3.8) is 0 Å². The quantitative estimate of drug-likeness (QED) is 0.779. The van der Waals surface area contributed by atoms with Crippen molar-refractivity contribution < 1.29 is 23.9 Å². The van der Waals surface area contributed by atoms with Crippen molar-refractivity contribution in [2.75, 3.05) is 6.54 Å². The molecule has 7 nitrogen and oxygen atoms in total. The maximum absolute atomic E-state index is 12.7. The number of amides is 2. The van der Waals surface area contributed by atoms with Crippen LogP contribution in [0.1, 0.15) is 35.8 Å². The molecule has 0 saturated carbocycles. The highest BCUT2D eigenvalue weighted by Gasteiger charge is 2.35. The molecule has 1 aromatic carbocycles. The number of furan rings is 1. The number of carboxylic acid groups (broad SMARTS) is 1. The largest absolute Gasteiger partial charge is 0.481 e. The molecule has 2 atom stereocenters. The number of rotatable bonds is 7. The van der Waals surface area contributed by atoms with Crippen molar-refractivity contribution in [1.82, 2.24) is 10.2 Å². The molecule has 1 aliphatic heterocycles. The number of nitrogens with zero attached hydrogens (tertiary/aromatic N) is 1. The molecule has 1 aliphatic rings. The van der Waals surface area contributed by atoms with E-state index in [4.69, 9.17) is 4.42 Å². The first-order valence-corrected chi connectivity index (χ1v) is 8.82. The first kappa shape index (κ1) is 18.7. The fraction of sp³-hybridized carbons (Fsp3) is 0.350. The Kier molecular flexibility index (Phi) is 5.59. The molecule has 0 spiro atoms. The number of aryl methyl sites for hydroxylation is 1. The molecule has 2 heterocycles. The lowest BCUT2D eigenvalue weighted by Crippen LogP contribution is -2.36. The van der Waals surface area contributed by atoms with Gasteiger partial charge in [0.05, 0.1) is 31.2 Å². The lowest BCUT2D eigenvalue weighted by atomic mass is 9.97. The lowest BCUT2D eigenvalue weighted by Gasteiger charge is -2.21. The van der Waals surface area contributed by atoms with Gasteiger partial charge in [-0.15, -0.1) is 0 Å². The van der Waals surface area contributed by atoms with E-state index in [9.17, 15) is 19.5 Å². The zero-order chi connectivity index (χ0) is 19.4. The van der Waals surface area contributed by atoms with Crippen molar-refractivity contribution in [3.05, 3.63) is 59.5 Å². The van der Waals surface area contributed by atoms with Gasteiger partial charge in [-0.05, 0) is 30.2 Å². The Morgan fingerprint density at radius 1 is 1.30 bits per heavy atom. The summed E-state index contributed by atoms with van der Waals surface area (Å²) in [6, 6.07) is 10.3. The normalized spacial score (nSPS) is 17.7. The smallest absolute Gasteiger partial charge is 0.305 e. The van der Waals surface area contributed by atoms with Crippen LogP contribution < -0.4 is 5.32 Å². The molecule has 7 heteroatoms. The third kappa shape index (κ3) is 4.55. The number of hydrogen-bond donors (Lipinski definition) is 2. The van der Waals surface area contributed by atoms with Crippen molar-refractivity contribution in [2.45, 2.75) is 32.4 Å². The Labute approximate surface area is 157 Å². The van der Waals surface area contributed by atoms with Gasteiger partial charge in [-0.3, -0.25) is 14.4 Å². The van der Waals surface area contributed by atoms with Crippen LogP contribution in [0.5, 0.6) is 0 Å². The zero-order valence-corrected chi connectivity index (χ0v) is 15.1. The molecule has 1 saturated heterocycles. The molecule has 142 valence electrons. The average Bonchev–Trinajstić information content (AvgIpc) is 3.25. The molecule has 27 heavy (non-hydrogen) atoms. The second-order valence-electron chi connectivity index (χ2n) is 6.77. The number of nitrogens with one attached hydrogen (secondary N) is 1. The molecule has 3 rings (SSSR count). The van der Waals surface area contributed by atoms with Crippen LogP contribution >= 0.6 is 0 Å². The molecule has 1 fully saturated rings. The maximum atomic E-state index is 12.7. The number of aliphatic carboxylic acids is 1. The van der Waals surface area contributed by atoms with E-state index in [0.717, 1.165) is 11.1 Å². The minimum absolute atomic E-state index is 0.111. The second-order valence-corrected chi connectivity index (χ2v) is 6.77. The highest BCUT2D eigenvalue weighted by molar-refractivity contribution is 5.89. The summed E-state index contributed by atoms with van der Waals surface area (Å²) in [5.41, 5.74) is 1.68. The summed E-state index contributed by atoms with van der Waals surface area (Å²) < 4.78 is 5.26. The molecule has 0 aliphatic carbocycles. The summed E-state index contributed by atoms with van der Waals surface area (Å²) in [5.74, 6) is -1.26. The van der Waals surface area contributed by atoms with E-state index in [0.29, 0.717) is 18.8 Å². The van der Waals surface area contributed by atoms with Crippen LogP contribution in [-0.2, 0) is 20.9 Å². The standard InChI is InChI=1S/C20H22N2O5/c1-13-5-2-3-7-16(13)17(10-19(24)25)21-20(26)14-9-18(23)22(11-14)12-15-6-4-8-27-15/h2-8,14,17H,9-12H2,1H3,(H,21,26)(H,24,25)/t14-,17-/m1/s1. The monoisotopic (exact) mass is 370 g/mol. The van der Waals surface area contributed by atoms with E-state index in [1.165, 1.54) is 0 Å². The van der Waals surface area contributed by atoms with Crippen molar-refractivity contribution >= 4 is 17.8 Å². The van der Waals surface area contributed by atoms with E-state index < -0.39 is 17.9 Å². The Balaban J connectivity index is 1.68. The third-order valence-corrected chi connectivity index (χ3v) is 4.77. The fourth-order valence-electron chi connectivity index (χ4n) is 3.37. The number of likely N-dealkylation sites (tertiary alicyclic amines) is 1. The minimum atomic E-state index is -0.995. The average molecular weight is 370 g/mol. The van der Waals surface area contributed by atoms with Crippen LogP contribution in [0.15, 0.2) is 47.1 Å². The van der Waals surface area contributed by atoms with Gasteiger partial charge in [0, 0.05) is 13.0 Å². The van der Waals surface area contributed by atoms with E-state index in [1.807, 2.05) is 31.2 Å². The highest BCUT2D eigenvalue weighted by Crippen LogP contribution is 2.24. The van der Waals surface area contributed by atoms with Crippen LogP contribution in [0.25, 0.3) is 0 Å². The molecular formula is C20H22N2O5. The summed E-state index contributed by atoms with van der Waals surface area (Å²) in [4.78, 5) is 37.8. The van der Waals surface area contributed by atoms with Gasteiger partial charge in [-0.1, -0.05) is 24.3 Å². The van der Waals surface area contributed by atoms with Crippen LogP contribution in [0.3, 0.4) is 0 Å². The molecule has 1 aromatic heterocycles. The van der Waals surface area contributed by atoms with E-state index >= 15 is 0 Å². The second kappa shape index (κ2) is 8.07. The Morgan fingerprint density at radius 2 is 2.07 bits per heavy atom. The lowest BCUT2D eigenvalue weighted by molar-refractivity contribution is -0.138. The van der Waals surface area contributed by atoms with E-state index in [1.54, 1.807) is 23.3 Å². The van der Waals surface area contributed by atoms with Gasteiger partial charge in [0.25, 0.3) is 0 Å². The van der Waals surface area contributed by atoms with Crippen molar-refractivity contribution in [2.24, 2.45) is 5.92 Å². The summed E-state index contributed by atoms with van der Waals surface area (Å²) in [5, 5.41) is 12.0. The van der Waals surface area contributed by atoms with Crippen LogP contribution in [0.2, 0.25) is 0 Å². The summed E-state index contributed by atoms with van der Waals surface area (Å²) >= 11 is 0. The minimum Gasteiger partial charge on any atom is -0.481 e. The Bertz CT molecular complexity index is 831. The number of carboxylic acids is 1. The van der Waals surface area contributed by atoms with Gasteiger partial charge in [-0.2, -0.15) is 0 Å². The number of hydrogen-bond acceptors (Lipinski definition) is 4. The summed E-state index contributed by atoms with van der Waals surface area (Å²) in [7, 11) is 0. The van der Waals surface area contributed by atoms with Gasteiger partial charge in [0.1, 0.15) is 5.76 Å². The highest BCUT2D eigenvalue weighted by atomic mass is 16.4. The number of benzene rings is 1. The molecule has 0 unspecified atom stereocenters. The number of carbonyl (C=O) groups is 3. The molecule has 2 N–H and O–H groups in total. The SMILES string of the molecule is Cc1ccccc1[C@@H](CC(=O)O)NC(=O)[C@@H]1CC(=O)N(Cc2ccco2)C1.